The molecule has 0 bridgehead atoms. The van der Waals surface area contributed by atoms with Crippen LogP contribution in [0, 0.1) is 0 Å². The Hall–Kier alpha value is -2.72. The number of benzene rings is 1. The van der Waals surface area contributed by atoms with Crippen molar-refractivity contribution in [2.75, 3.05) is 23.4 Å². The first kappa shape index (κ1) is 23.4. The van der Waals surface area contributed by atoms with Crippen molar-refractivity contribution in [1.29, 1.82) is 0 Å². The number of carbonyl (C=O) groups excluding carboxylic acids is 3. The summed E-state index contributed by atoms with van der Waals surface area (Å²) in [5, 5.41) is 4.57. The standard InChI is InChI=1S/C23H26N2O6S2/c26-21(25(18-4-1-2-5-18)19-11-13-33(29,30)15-19)14-31-23(28)16-7-9-17(10-8-16)24-22(27)20-6-3-12-32-20/h3,6-10,12,18-19H,1-2,4-5,11,13-15H2,(H,24,27). The van der Waals surface area contributed by atoms with E-state index in [9.17, 15) is 22.8 Å². The molecule has 1 N–H and O–H groups in total. The van der Waals surface area contributed by atoms with Crippen LogP contribution in [-0.2, 0) is 19.4 Å². The van der Waals surface area contributed by atoms with Crippen LogP contribution >= 0.6 is 11.3 Å². The highest BCUT2D eigenvalue weighted by Crippen LogP contribution is 2.29. The lowest BCUT2D eigenvalue weighted by molar-refractivity contribution is -0.139. The predicted molar refractivity (Wildman–Crippen MR) is 125 cm³/mol. The number of anilines is 1. The van der Waals surface area contributed by atoms with E-state index in [4.69, 9.17) is 4.74 Å². The number of amides is 2. The van der Waals surface area contributed by atoms with Crippen LogP contribution in [0.15, 0.2) is 41.8 Å². The second-order valence-corrected chi connectivity index (χ2v) is 11.6. The van der Waals surface area contributed by atoms with Crippen molar-refractivity contribution >= 4 is 44.6 Å². The highest BCUT2D eigenvalue weighted by atomic mass is 32.2. The van der Waals surface area contributed by atoms with E-state index >= 15 is 0 Å². The smallest absolute Gasteiger partial charge is 0.338 e. The molecule has 2 fully saturated rings. The minimum Gasteiger partial charge on any atom is -0.452 e. The maximum atomic E-state index is 13.0. The molecule has 2 aromatic rings. The topological polar surface area (TPSA) is 110 Å². The Bertz CT molecular complexity index is 1110. The first-order valence-corrected chi connectivity index (χ1v) is 13.7. The van der Waals surface area contributed by atoms with Gasteiger partial charge in [0.1, 0.15) is 0 Å². The zero-order valence-electron chi connectivity index (χ0n) is 18.1. The molecule has 176 valence electrons. The molecule has 1 aromatic carbocycles. The average Bonchev–Trinajstić information content (AvgIpc) is 3.56. The number of carbonyl (C=O) groups is 3. The fourth-order valence-electron chi connectivity index (χ4n) is 4.46. The highest BCUT2D eigenvalue weighted by Gasteiger charge is 2.39. The molecule has 1 aliphatic heterocycles. The van der Waals surface area contributed by atoms with Gasteiger partial charge in [0.05, 0.1) is 21.9 Å². The molecule has 1 saturated heterocycles. The summed E-state index contributed by atoms with van der Waals surface area (Å²) in [4.78, 5) is 39.8. The summed E-state index contributed by atoms with van der Waals surface area (Å²) in [6, 6.07) is 9.40. The molecule has 10 heteroatoms. The normalized spacial score (nSPS) is 19.8. The van der Waals surface area contributed by atoms with Crippen molar-refractivity contribution in [1.82, 2.24) is 4.90 Å². The van der Waals surface area contributed by atoms with Crippen LogP contribution in [0.1, 0.15) is 52.1 Å². The van der Waals surface area contributed by atoms with Gasteiger partial charge in [-0.2, -0.15) is 0 Å². The fraction of sp³-hybridized carbons (Fsp3) is 0.435. The Labute approximate surface area is 196 Å². The van der Waals surface area contributed by atoms with Crippen molar-refractivity contribution in [2.45, 2.75) is 44.2 Å². The monoisotopic (exact) mass is 490 g/mol. The fourth-order valence-corrected chi connectivity index (χ4v) is 6.79. The summed E-state index contributed by atoms with van der Waals surface area (Å²) in [6.07, 6.45) is 4.12. The van der Waals surface area contributed by atoms with Gasteiger partial charge >= 0.3 is 5.97 Å². The predicted octanol–water partition coefficient (Wildman–Crippen LogP) is 3.12. The molecular formula is C23H26N2O6S2. The van der Waals surface area contributed by atoms with Crippen LogP contribution in [-0.4, -0.2) is 61.3 Å². The molecule has 4 rings (SSSR count). The SMILES string of the molecule is O=C(OCC(=O)N(C1CCCC1)C1CCS(=O)(=O)C1)c1ccc(NC(=O)c2cccs2)cc1. The highest BCUT2D eigenvalue weighted by molar-refractivity contribution is 7.91. The van der Waals surface area contributed by atoms with Crippen molar-refractivity contribution in [3.63, 3.8) is 0 Å². The number of rotatable bonds is 7. The molecule has 1 unspecified atom stereocenters. The van der Waals surface area contributed by atoms with Crippen LogP contribution in [0.2, 0.25) is 0 Å². The first-order chi connectivity index (χ1) is 15.8. The Balaban J connectivity index is 1.34. The van der Waals surface area contributed by atoms with Crippen molar-refractivity contribution < 1.29 is 27.5 Å². The van der Waals surface area contributed by atoms with Gasteiger partial charge in [-0.05, 0) is 55.0 Å². The Morgan fingerprint density at radius 3 is 2.36 bits per heavy atom. The lowest BCUT2D eigenvalue weighted by Crippen LogP contribution is -2.48. The van der Waals surface area contributed by atoms with E-state index in [1.165, 1.54) is 23.5 Å². The van der Waals surface area contributed by atoms with Crippen LogP contribution in [0.25, 0.3) is 0 Å². The number of ether oxygens (including phenoxy) is 1. The van der Waals surface area contributed by atoms with Gasteiger partial charge in [-0.25, -0.2) is 13.2 Å². The van der Waals surface area contributed by atoms with Crippen LogP contribution in [0.5, 0.6) is 0 Å². The van der Waals surface area contributed by atoms with Crippen LogP contribution in [0.4, 0.5) is 5.69 Å². The molecule has 0 radical (unpaired) electrons. The molecule has 2 heterocycles. The Morgan fingerprint density at radius 1 is 1.03 bits per heavy atom. The molecule has 2 amide bonds. The molecule has 1 aliphatic carbocycles. The molecule has 1 atom stereocenters. The number of hydrogen-bond acceptors (Lipinski definition) is 7. The molecule has 8 nitrogen and oxygen atoms in total. The van der Waals surface area contributed by atoms with Crippen molar-refractivity contribution in [2.24, 2.45) is 0 Å². The number of sulfone groups is 1. The number of thiophene rings is 1. The number of esters is 1. The zero-order chi connectivity index (χ0) is 23.4. The number of nitrogens with zero attached hydrogens (tertiary/aromatic N) is 1. The maximum Gasteiger partial charge on any atom is 0.338 e. The van der Waals surface area contributed by atoms with Gasteiger partial charge in [0.15, 0.2) is 16.4 Å². The minimum atomic E-state index is -3.14. The van der Waals surface area contributed by atoms with Gasteiger partial charge in [-0.15, -0.1) is 11.3 Å². The number of nitrogens with one attached hydrogen (secondary N) is 1. The van der Waals surface area contributed by atoms with Gasteiger partial charge in [0, 0.05) is 17.8 Å². The van der Waals surface area contributed by atoms with E-state index in [0.29, 0.717) is 17.0 Å². The summed E-state index contributed by atoms with van der Waals surface area (Å²) in [6.45, 7) is -0.428. The molecule has 0 spiro atoms. The second-order valence-electron chi connectivity index (χ2n) is 8.38. The third kappa shape index (κ3) is 5.80. The van der Waals surface area contributed by atoms with Gasteiger partial charge in [-0.3, -0.25) is 9.59 Å². The average molecular weight is 491 g/mol. The summed E-state index contributed by atoms with van der Waals surface area (Å²) in [5.41, 5.74) is 0.795. The van der Waals surface area contributed by atoms with E-state index in [1.54, 1.807) is 29.2 Å². The third-order valence-electron chi connectivity index (χ3n) is 6.06. The van der Waals surface area contributed by atoms with E-state index in [0.717, 1.165) is 25.7 Å². The minimum absolute atomic E-state index is 0.000687. The number of hydrogen-bond donors (Lipinski definition) is 1. The van der Waals surface area contributed by atoms with Crippen LogP contribution in [0.3, 0.4) is 0 Å². The summed E-state index contributed by atoms with van der Waals surface area (Å²) in [5.74, 6) is -1.17. The van der Waals surface area contributed by atoms with E-state index in [2.05, 4.69) is 5.32 Å². The Morgan fingerprint density at radius 2 is 1.76 bits per heavy atom. The zero-order valence-corrected chi connectivity index (χ0v) is 19.7. The molecule has 1 saturated carbocycles. The van der Waals surface area contributed by atoms with Gasteiger partial charge in [-0.1, -0.05) is 18.9 Å². The van der Waals surface area contributed by atoms with E-state index < -0.39 is 22.4 Å². The maximum absolute atomic E-state index is 13.0. The lowest BCUT2D eigenvalue weighted by Gasteiger charge is -2.33. The Kier molecular flexibility index (Phi) is 7.14. The first-order valence-electron chi connectivity index (χ1n) is 11.0. The summed E-state index contributed by atoms with van der Waals surface area (Å²) >= 11 is 1.33. The molecule has 2 aliphatic rings. The largest absolute Gasteiger partial charge is 0.452 e. The van der Waals surface area contributed by atoms with Crippen molar-refractivity contribution in [3.05, 3.63) is 52.2 Å². The quantitative estimate of drug-likeness (QED) is 0.597. The molecule has 33 heavy (non-hydrogen) atoms. The molecular weight excluding hydrogens is 464 g/mol. The van der Waals surface area contributed by atoms with E-state index in [-0.39, 0.29) is 41.0 Å². The molecule has 1 aromatic heterocycles. The van der Waals surface area contributed by atoms with Gasteiger partial charge < -0.3 is 15.0 Å². The van der Waals surface area contributed by atoms with Crippen LogP contribution < -0.4 is 5.32 Å². The third-order valence-corrected chi connectivity index (χ3v) is 8.68. The summed E-state index contributed by atoms with van der Waals surface area (Å²) in [7, 11) is -3.14. The van der Waals surface area contributed by atoms with Gasteiger partial charge in [0.2, 0.25) is 0 Å². The van der Waals surface area contributed by atoms with Crippen molar-refractivity contribution in [3.8, 4) is 0 Å². The second kappa shape index (κ2) is 10.0. The van der Waals surface area contributed by atoms with E-state index in [1.807, 2.05) is 5.38 Å². The summed E-state index contributed by atoms with van der Waals surface area (Å²) < 4.78 is 29.1. The van der Waals surface area contributed by atoms with Gasteiger partial charge in [0.25, 0.3) is 11.8 Å². The lowest BCUT2D eigenvalue weighted by atomic mass is 10.1.